The SMILES string of the molecule is O=P(O)(O)O.OO.[KH]. The molecular weight excluding hydrogens is 166 g/mol. The van der Waals surface area contributed by atoms with Gasteiger partial charge >= 0.3 is 59.2 Å². The second-order valence-electron chi connectivity index (χ2n) is 0.513. The summed E-state index contributed by atoms with van der Waals surface area (Å²) in [6.07, 6.45) is 0. The van der Waals surface area contributed by atoms with Crippen LogP contribution < -0.4 is 0 Å². The Bertz CT molecular complexity index is 54.7. The summed E-state index contributed by atoms with van der Waals surface area (Å²) in [7, 11) is -4.64. The number of phosphoric acid groups is 1. The predicted molar refractivity (Wildman–Crippen MR) is 26.7 cm³/mol. The van der Waals surface area contributed by atoms with Crippen molar-refractivity contribution in [2.24, 2.45) is 0 Å². The van der Waals surface area contributed by atoms with Gasteiger partial charge in [0.25, 0.3) is 0 Å². The molecule has 5 N–H and O–H groups in total. The molecule has 0 aromatic carbocycles. The standard InChI is InChI=1S/K.H3O4P.H2O2.H/c;1-5(2,3)4;1-2;/h;(H3,1,2,3,4);1-2H;. The Morgan fingerprint density at radius 2 is 1.00 bits per heavy atom. The van der Waals surface area contributed by atoms with Crippen molar-refractivity contribution in [1.82, 2.24) is 0 Å². The molecule has 0 aromatic heterocycles. The molecule has 0 saturated carbocycles. The average molecular weight is 172 g/mol. The summed E-state index contributed by atoms with van der Waals surface area (Å²) in [5.74, 6) is 0. The Morgan fingerprint density at radius 1 is 1.00 bits per heavy atom. The Labute approximate surface area is 87.8 Å². The topological polar surface area (TPSA) is 118 Å². The quantitative estimate of drug-likeness (QED) is 0.130. The molecule has 0 saturated heterocycles. The number of hydrogen-bond acceptors (Lipinski definition) is 3. The molecule has 0 atom stereocenters. The zero-order valence-electron chi connectivity index (χ0n) is 3.09. The van der Waals surface area contributed by atoms with Crippen LogP contribution in [0.25, 0.3) is 0 Å². The predicted octanol–water partition coefficient (Wildman–Crippen LogP) is -1.56. The Kier molecular flexibility index (Phi) is 17.7. The van der Waals surface area contributed by atoms with Gasteiger partial charge < -0.3 is 14.7 Å². The molecule has 0 aliphatic rings. The van der Waals surface area contributed by atoms with Crippen molar-refractivity contribution in [3.05, 3.63) is 0 Å². The molecule has 8 heavy (non-hydrogen) atoms. The van der Waals surface area contributed by atoms with Gasteiger partial charge in [0.05, 0.1) is 0 Å². The third-order valence-corrected chi connectivity index (χ3v) is 0. The van der Waals surface area contributed by atoms with E-state index in [4.69, 9.17) is 29.8 Å². The van der Waals surface area contributed by atoms with Crippen LogP contribution in [0.2, 0.25) is 0 Å². The first-order valence-corrected chi connectivity index (χ1v) is 2.55. The van der Waals surface area contributed by atoms with E-state index in [1.807, 2.05) is 0 Å². The van der Waals surface area contributed by atoms with Gasteiger partial charge in [0, 0.05) is 0 Å². The van der Waals surface area contributed by atoms with Gasteiger partial charge in [0.2, 0.25) is 0 Å². The van der Waals surface area contributed by atoms with Crippen molar-refractivity contribution < 1.29 is 29.8 Å². The average Bonchev–Trinajstić information content (AvgIpc) is 1.36. The molecule has 0 aromatic rings. The fraction of sp³-hybridized carbons (Fsp3) is 0. The summed E-state index contributed by atoms with van der Waals surface area (Å²) in [5.41, 5.74) is 0. The van der Waals surface area contributed by atoms with Crippen LogP contribution in [0, 0.1) is 0 Å². The minimum absolute atomic E-state index is 0. The Hall–Kier alpha value is 1.67. The van der Waals surface area contributed by atoms with Crippen LogP contribution in [0.5, 0.6) is 0 Å². The maximum atomic E-state index is 8.88. The molecule has 0 aliphatic heterocycles. The molecule has 0 bridgehead atoms. The van der Waals surface area contributed by atoms with E-state index in [0.717, 1.165) is 0 Å². The minimum atomic E-state index is -4.64. The fourth-order valence-corrected chi connectivity index (χ4v) is 0. The van der Waals surface area contributed by atoms with Crippen LogP contribution in [0.15, 0.2) is 0 Å². The van der Waals surface area contributed by atoms with E-state index >= 15 is 0 Å². The molecule has 0 rings (SSSR count). The van der Waals surface area contributed by atoms with E-state index in [0.29, 0.717) is 0 Å². The monoisotopic (exact) mass is 172 g/mol. The fourth-order valence-electron chi connectivity index (χ4n) is 0. The summed E-state index contributed by atoms with van der Waals surface area (Å²) in [5, 5.41) is 12.0. The van der Waals surface area contributed by atoms with Crippen LogP contribution in [0.3, 0.4) is 0 Å². The van der Waals surface area contributed by atoms with Crippen molar-refractivity contribution >= 4 is 59.2 Å². The summed E-state index contributed by atoms with van der Waals surface area (Å²) >= 11 is 0. The normalized spacial score (nSPS) is 8.12. The molecule has 0 unspecified atom stereocenters. The molecule has 0 aliphatic carbocycles. The van der Waals surface area contributed by atoms with Crippen molar-refractivity contribution in [3.63, 3.8) is 0 Å². The molecule has 6 nitrogen and oxygen atoms in total. The van der Waals surface area contributed by atoms with Crippen molar-refractivity contribution in [2.45, 2.75) is 0 Å². The first-order chi connectivity index (χ1) is 3.00. The zero-order chi connectivity index (χ0) is 6.50. The van der Waals surface area contributed by atoms with Gasteiger partial charge in [-0.25, -0.2) is 4.57 Å². The molecule has 48 valence electrons. The van der Waals surface area contributed by atoms with Crippen LogP contribution in [-0.2, 0) is 4.57 Å². The first kappa shape index (κ1) is 16.3. The van der Waals surface area contributed by atoms with Gasteiger partial charge in [-0.2, -0.15) is 0 Å². The summed E-state index contributed by atoms with van der Waals surface area (Å²) in [6, 6.07) is 0. The van der Waals surface area contributed by atoms with Gasteiger partial charge in [-0.05, 0) is 0 Å². The molecule has 0 spiro atoms. The summed E-state index contributed by atoms with van der Waals surface area (Å²) in [4.78, 5) is 21.6. The molecule has 0 heterocycles. The molecular formula is H6KO6P. The zero-order valence-corrected chi connectivity index (χ0v) is 3.99. The van der Waals surface area contributed by atoms with Gasteiger partial charge in [0.15, 0.2) is 0 Å². The van der Waals surface area contributed by atoms with Crippen molar-refractivity contribution in [1.29, 1.82) is 0 Å². The van der Waals surface area contributed by atoms with Gasteiger partial charge in [-0.1, -0.05) is 0 Å². The number of rotatable bonds is 0. The molecule has 0 amide bonds. The van der Waals surface area contributed by atoms with Crippen molar-refractivity contribution in [2.75, 3.05) is 0 Å². The molecule has 0 radical (unpaired) electrons. The van der Waals surface area contributed by atoms with Crippen molar-refractivity contribution in [3.8, 4) is 0 Å². The molecule has 8 heteroatoms. The van der Waals surface area contributed by atoms with Crippen LogP contribution in [0.1, 0.15) is 0 Å². The second-order valence-corrected chi connectivity index (χ2v) is 1.54. The summed E-state index contributed by atoms with van der Waals surface area (Å²) in [6.45, 7) is 0. The first-order valence-electron chi connectivity index (χ1n) is 0.983. The van der Waals surface area contributed by atoms with Crippen LogP contribution >= 0.6 is 7.82 Å². The van der Waals surface area contributed by atoms with Crippen LogP contribution in [-0.4, -0.2) is 76.6 Å². The van der Waals surface area contributed by atoms with E-state index in [-0.39, 0.29) is 51.4 Å². The Balaban J connectivity index is -0.0000000750. The molecule has 0 fully saturated rings. The third kappa shape index (κ3) is 123. The second kappa shape index (κ2) is 8.67. The Morgan fingerprint density at radius 3 is 1.00 bits per heavy atom. The van der Waals surface area contributed by atoms with Gasteiger partial charge in [0.1, 0.15) is 0 Å². The number of hydrogen-bond donors (Lipinski definition) is 5. The third-order valence-electron chi connectivity index (χ3n) is 0. The van der Waals surface area contributed by atoms with Crippen LogP contribution in [0.4, 0.5) is 0 Å². The van der Waals surface area contributed by atoms with E-state index in [1.165, 1.54) is 0 Å². The van der Waals surface area contributed by atoms with E-state index < -0.39 is 7.82 Å². The van der Waals surface area contributed by atoms with E-state index in [9.17, 15) is 0 Å². The van der Waals surface area contributed by atoms with Gasteiger partial charge in [-0.15, -0.1) is 0 Å². The van der Waals surface area contributed by atoms with E-state index in [2.05, 4.69) is 0 Å². The van der Waals surface area contributed by atoms with Gasteiger partial charge in [-0.3, -0.25) is 10.5 Å². The summed E-state index contributed by atoms with van der Waals surface area (Å²) < 4.78 is 8.88. The van der Waals surface area contributed by atoms with E-state index in [1.54, 1.807) is 0 Å². The maximum absolute atomic E-state index is 8.88.